The molecule has 0 aliphatic carbocycles. The van der Waals surface area contributed by atoms with E-state index < -0.39 is 10.0 Å². The van der Waals surface area contributed by atoms with Gasteiger partial charge in [0, 0.05) is 11.6 Å². The van der Waals surface area contributed by atoms with E-state index >= 15 is 0 Å². The molecule has 2 aromatic rings. The van der Waals surface area contributed by atoms with Crippen LogP contribution in [-0.4, -0.2) is 11.2 Å². The van der Waals surface area contributed by atoms with Crippen molar-refractivity contribution in [2.24, 2.45) is 5.14 Å². The molecule has 0 radical (unpaired) electrons. The van der Waals surface area contributed by atoms with Crippen LogP contribution in [0, 0.1) is 0 Å². The fourth-order valence-corrected chi connectivity index (χ4v) is 2.41. The van der Waals surface area contributed by atoms with E-state index in [-0.39, 0.29) is 4.90 Å². The summed E-state index contributed by atoms with van der Waals surface area (Å²) >= 11 is 2.12. The van der Waals surface area contributed by atoms with Crippen LogP contribution in [0.1, 0.15) is 0 Å². The van der Waals surface area contributed by atoms with Crippen LogP contribution < -0.4 is 5.14 Å². The molecule has 0 saturated heterocycles. The predicted octanol–water partition coefficient (Wildman–Crippen LogP) is 1.49. The van der Waals surface area contributed by atoms with Crippen LogP contribution in [0.3, 0.4) is 0 Å². The minimum Gasteiger partial charge on any atom is -0.290 e. The molecular formula is C8H7IN2O2S. The van der Waals surface area contributed by atoms with E-state index in [9.17, 15) is 8.42 Å². The second-order valence-corrected chi connectivity index (χ2v) is 5.49. The topological polar surface area (TPSA) is 65.1 Å². The van der Waals surface area contributed by atoms with E-state index in [1.165, 1.54) is 6.07 Å². The SMILES string of the molecule is NS(=O)(=O)c1ccc2c(ccn2I)c1. The van der Waals surface area contributed by atoms with Gasteiger partial charge >= 0.3 is 0 Å². The van der Waals surface area contributed by atoms with Crippen molar-refractivity contribution in [2.45, 2.75) is 4.90 Å². The fraction of sp³-hybridized carbons (Fsp3) is 0. The number of halogens is 1. The highest BCUT2D eigenvalue weighted by Gasteiger charge is 2.08. The Kier molecular flexibility index (Phi) is 2.28. The summed E-state index contributed by atoms with van der Waals surface area (Å²) in [6, 6.07) is 6.66. The fourth-order valence-electron chi connectivity index (χ4n) is 1.26. The Morgan fingerprint density at radius 1 is 1.29 bits per heavy atom. The van der Waals surface area contributed by atoms with Crippen LogP contribution in [0.25, 0.3) is 10.9 Å². The molecule has 1 aromatic carbocycles. The molecule has 2 rings (SSSR count). The summed E-state index contributed by atoms with van der Waals surface area (Å²) in [6.07, 6.45) is 1.86. The summed E-state index contributed by atoms with van der Waals surface area (Å²) < 4.78 is 24.0. The average molecular weight is 322 g/mol. The zero-order valence-corrected chi connectivity index (χ0v) is 9.99. The van der Waals surface area contributed by atoms with Crippen molar-refractivity contribution < 1.29 is 8.42 Å². The lowest BCUT2D eigenvalue weighted by Gasteiger charge is -1.98. The molecule has 0 bridgehead atoms. The van der Waals surface area contributed by atoms with Crippen molar-refractivity contribution >= 4 is 43.8 Å². The monoisotopic (exact) mass is 322 g/mol. The van der Waals surface area contributed by atoms with E-state index in [2.05, 4.69) is 22.9 Å². The van der Waals surface area contributed by atoms with E-state index in [0.29, 0.717) is 0 Å². The summed E-state index contributed by atoms with van der Waals surface area (Å²) in [5.74, 6) is 0. The van der Waals surface area contributed by atoms with Crippen LogP contribution in [0.5, 0.6) is 0 Å². The minimum atomic E-state index is -3.60. The average Bonchev–Trinajstić information content (AvgIpc) is 2.46. The quantitative estimate of drug-likeness (QED) is 0.809. The van der Waals surface area contributed by atoms with Crippen LogP contribution >= 0.6 is 22.9 Å². The molecular weight excluding hydrogens is 315 g/mol. The zero-order valence-electron chi connectivity index (χ0n) is 7.01. The summed E-state index contributed by atoms with van der Waals surface area (Å²) in [5, 5.41) is 5.88. The van der Waals surface area contributed by atoms with Gasteiger partial charge in [-0.1, -0.05) is 0 Å². The Hall–Kier alpha value is -0.600. The molecule has 0 saturated carbocycles. The van der Waals surface area contributed by atoms with Gasteiger partial charge in [-0.25, -0.2) is 13.6 Å². The van der Waals surface area contributed by atoms with Gasteiger partial charge in [-0.15, -0.1) is 0 Å². The van der Waals surface area contributed by atoms with E-state index in [1.54, 1.807) is 12.1 Å². The van der Waals surface area contributed by atoms with Crippen molar-refractivity contribution in [1.82, 2.24) is 2.78 Å². The maximum absolute atomic E-state index is 11.1. The highest BCUT2D eigenvalue weighted by Crippen LogP contribution is 2.21. The van der Waals surface area contributed by atoms with Crippen molar-refractivity contribution in [1.29, 1.82) is 0 Å². The first-order valence-corrected chi connectivity index (χ1v) is 6.30. The number of fused-ring (bicyclic) bond motifs is 1. The zero-order chi connectivity index (χ0) is 10.3. The molecule has 4 nitrogen and oxygen atoms in total. The molecule has 0 aliphatic heterocycles. The number of rotatable bonds is 1. The summed E-state index contributed by atoms with van der Waals surface area (Å²) in [5.41, 5.74) is 0.970. The molecule has 1 aromatic heterocycles. The standard InChI is InChI=1S/C8H7IN2O2S/c9-11-4-3-6-5-7(14(10,12)13)1-2-8(6)11/h1-5H,(H2,10,12,13). The first kappa shape index (κ1) is 9.94. The Labute approximate surface area is 95.3 Å². The van der Waals surface area contributed by atoms with E-state index in [0.717, 1.165) is 10.9 Å². The Balaban J connectivity index is 2.76. The third-order valence-corrected chi connectivity index (χ3v) is 3.70. The molecule has 0 fully saturated rings. The Bertz CT molecular complexity index is 588. The van der Waals surface area contributed by atoms with Gasteiger partial charge in [0.25, 0.3) is 0 Å². The van der Waals surface area contributed by atoms with Crippen molar-refractivity contribution in [3.8, 4) is 0 Å². The number of primary sulfonamides is 1. The van der Waals surface area contributed by atoms with Gasteiger partial charge in [0.1, 0.15) is 0 Å². The number of sulfonamides is 1. The van der Waals surface area contributed by atoms with Gasteiger partial charge in [0.2, 0.25) is 10.0 Å². The molecule has 74 valence electrons. The van der Waals surface area contributed by atoms with Gasteiger partial charge in [0.15, 0.2) is 0 Å². The lowest BCUT2D eigenvalue weighted by Crippen LogP contribution is -2.11. The molecule has 0 aliphatic rings. The molecule has 14 heavy (non-hydrogen) atoms. The van der Waals surface area contributed by atoms with Crippen LogP contribution in [0.15, 0.2) is 35.4 Å². The minimum absolute atomic E-state index is 0.146. The molecule has 0 spiro atoms. The van der Waals surface area contributed by atoms with Gasteiger partial charge < -0.3 is 0 Å². The van der Waals surface area contributed by atoms with Crippen molar-refractivity contribution in [3.05, 3.63) is 30.5 Å². The molecule has 0 unspecified atom stereocenters. The van der Waals surface area contributed by atoms with Crippen LogP contribution in [0.4, 0.5) is 0 Å². The largest absolute Gasteiger partial charge is 0.290 e. The Morgan fingerprint density at radius 2 is 2.00 bits per heavy atom. The summed E-state index contributed by atoms with van der Waals surface area (Å²) in [4.78, 5) is 0.146. The summed E-state index contributed by atoms with van der Waals surface area (Å²) in [6.45, 7) is 0. The third-order valence-electron chi connectivity index (χ3n) is 1.94. The Morgan fingerprint density at radius 3 is 2.64 bits per heavy atom. The lowest BCUT2D eigenvalue weighted by molar-refractivity contribution is 0.598. The molecule has 0 atom stereocenters. The van der Waals surface area contributed by atoms with Crippen molar-refractivity contribution in [2.75, 3.05) is 0 Å². The van der Waals surface area contributed by atoms with Gasteiger partial charge in [0.05, 0.1) is 33.3 Å². The number of aromatic nitrogens is 1. The predicted molar refractivity (Wildman–Crippen MR) is 62.7 cm³/mol. The molecule has 0 amide bonds. The van der Waals surface area contributed by atoms with Gasteiger partial charge in [-0.3, -0.25) is 2.78 Å². The second kappa shape index (κ2) is 3.21. The highest BCUT2D eigenvalue weighted by atomic mass is 127. The number of nitrogens with zero attached hydrogens (tertiary/aromatic N) is 1. The normalized spacial score (nSPS) is 12.1. The van der Waals surface area contributed by atoms with Gasteiger partial charge in [-0.2, -0.15) is 0 Å². The number of hydrogen-bond acceptors (Lipinski definition) is 2. The van der Waals surface area contributed by atoms with Gasteiger partial charge in [-0.05, 0) is 24.3 Å². The van der Waals surface area contributed by atoms with Crippen molar-refractivity contribution in [3.63, 3.8) is 0 Å². The first-order valence-electron chi connectivity index (χ1n) is 3.78. The maximum Gasteiger partial charge on any atom is 0.238 e. The number of hydrogen-bond donors (Lipinski definition) is 1. The lowest BCUT2D eigenvalue weighted by atomic mass is 10.2. The maximum atomic E-state index is 11.1. The smallest absolute Gasteiger partial charge is 0.238 e. The highest BCUT2D eigenvalue weighted by molar-refractivity contribution is 14.1. The molecule has 6 heteroatoms. The summed E-state index contributed by atoms with van der Waals surface area (Å²) in [7, 11) is -3.60. The van der Waals surface area contributed by atoms with E-state index in [1.807, 2.05) is 15.0 Å². The molecule has 2 N–H and O–H groups in total. The van der Waals surface area contributed by atoms with Crippen LogP contribution in [-0.2, 0) is 10.0 Å². The number of benzene rings is 1. The molecule has 1 heterocycles. The first-order chi connectivity index (χ1) is 6.48. The van der Waals surface area contributed by atoms with E-state index in [4.69, 9.17) is 5.14 Å². The third kappa shape index (κ3) is 1.64. The second-order valence-electron chi connectivity index (χ2n) is 2.89. The van der Waals surface area contributed by atoms with Crippen LogP contribution in [0.2, 0.25) is 0 Å². The number of nitrogens with two attached hydrogens (primary N) is 1.